The summed E-state index contributed by atoms with van der Waals surface area (Å²) in [5.41, 5.74) is 3.28. The van der Waals surface area contributed by atoms with Gasteiger partial charge in [0.05, 0.1) is 25.4 Å². The van der Waals surface area contributed by atoms with Crippen molar-refractivity contribution in [2.45, 2.75) is 82.5 Å². The number of alkyl halides is 3. The first-order valence-corrected chi connectivity index (χ1v) is 15.2. The highest BCUT2D eigenvalue weighted by Crippen LogP contribution is 2.42. The molecule has 3 aliphatic heterocycles. The molecular weight excluding hydrogens is 579 g/mol. The molecule has 2 amide bonds. The van der Waals surface area contributed by atoms with Gasteiger partial charge in [0, 0.05) is 37.2 Å². The van der Waals surface area contributed by atoms with Gasteiger partial charge >= 0.3 is 12.1 Å². The fourth-order valence-electron chi connectivity index (χ4n) is 6.45. The summed E-state index contributed by atoms with van der Waals surface area (Å²) < 4.78 is 51.9. The van der Waals surface area contributed by atoms with Crippen LogP contribution >= 0.6 is 0 Å². The average molecular weight is 620 g/mol. The molecule has 240 valence electrons. The molecule has 3 fully saturated rings. The van der Waals surface area contributed by atoms with Crippen molar-refractivity contribution >= 4 is 11.8 Å². The van der Waals surface area contributed by atoms with Gasteiger partial charge in [-0.15, -0.1) is 0 Å². The SMILES string of the molecule is CC1C(CN2CCCC2CO)OC(c2ccc(CNC(=O)C3CCCN3C(=O)C(F)(F)F)cc2)OC1c1ccc(CO)cc1. The number of nitrogens with zero attached hydrogens (tertiary/aromatic N) is 2. The number of aliphatic hydroxyl groups excluding tert-OH is 2. The Kier molecular flexibility index (Phi) is 10.3. The summed E-state index contributed by atoms with van der Waals surface area (Å²) in [5, 5.41) is 22.0. The molecule has 2 aromatic rings. The summed E-state index contributed by atoms with van der Waals surface area (Å²) in [6.45, 7) is 3.67. The molecule has 12 heteroatoms. The van der Waals surface area contributed by atoms with Crippen molar-refractivity contribution in [1.82, 2.24) is 15.1 Å². The highest BCUT2D eigenvalue weighted by Gasteiger charge is 2.47. The number of rotatable bonds is 9. The van der Waals surface area contributed by atoms with Gasteiger partial charge in [-0.1, -0.05) is 55.5 Å². The first-order chi connectivity index (χ1) is 21.1. The van der Waals surface area contributed by atoms with Gasteiger partial charge < -0.3 is 29.9 Å². The van der Waals surface area contributed by atoms with E-state index >= 15 is 0 Å². The monoisotopic (exact) mass is 619 g/mol. The van der Waals surface area contributed by atoms with Crippen molar-refractivity contribution in [3.63, 3.8) is 0 Å². The lowest BCUT2D eigenvalue weighted by atomic mass is 9.90. The molecule has 0 saturated carbocycles. The third kappa shape index (κ3) is 7.26. The van der Waals surface area contributed by atoms with Gasteiger partial charge in [0.2, 0.25) is 5.91 Å². The van der Waals surface area contributed by atoms with E-state index in [9.17, 15) is 33.0 Å². The van der Waals surface area contributed by atoms with Crippen LogP contribution in [0.4, 0.5) is 13.2 Å². The Labute approximate surface area is 254 Å². The first-order valence-electron chi connectivity index (χ1n) is 15.2. The Morgan fingerprint density at radius 1 is 0.932 bits per heavy atom. The molecule has 2 aromatic carbocycles. The van der Waals surface area contributed by atoms with Crippen LogP contribution in [-0.2, 0) is 32.2 Å². The van der Waals surface area contributed by atoms with Crippen molar-refractivity contribution in [3.8, 4) is 0 Å². The molecule has 0 aromatic heterocycles. The van der Waals surface area contributed by atoms with Crippen LogP contribution in [0.15, 0.2) is 48.5 Å². The van der Waals surface area contributed by atoms with E-state index in [0.29, 0.717) is 17.9 Å². The molecule has 3 aliphatic rings. The van der Waals surface area contributed by atoms with E-state index in [4.69, 9.17) is 9.47 Å². The summed E-state index contributed by atoms with van der Waals surface area (Å²) in [6.07, 6.45) is -3.69. The third-order valence-corrected chi connectivity index (χ3v) is 9.03. The standard InChI is InChI=1S/C32H40F3N3O6/c1-20-27(17-37-14-2-4-25(37)19-40)43-30(44-28(20)23-10-8-22(18-39)9-11-23)24-12-6-21(7-13-24)16-36-29(41)26-5-3-15-38(26)31(42)32(33,34)35/h6-13,20,25-28,30,39-40H,2-5,14-19H2,1H3,(H,36,41). The second-order valence-corrected chi connectivity index (χ2v) is 11.9. The number of carbonyl (C=O) groups is 2. The molecule has 0 bridgehead atoms. The van der Waals surface area contributed by atoms with E-state index in [1.165, 1.54) is 0 Å². The lowest BCUT2D eigenvalue weighted by Gasteiger charge is -2.43. The van der Waals surface area contributed by atoms with Gasteiger partial charge in [-0.05, 0) is 48.9 Å². The molecule has 44 heavy (non-hydrogen) atoms. The molecular formula is C32H40F3N3O6. The van der Waals surface area contributed by atoms with Crippen molar-refractivity contribution in [1.29, 1.82) is 0 Å². The van der Waals surface area contributed by atoms with Crippen LogP contribution < -0.4 is 5.32 Å². The number of ether oxygens (including phenoxy) is 2. The highest BCUT2D eigenvalue weighted by molar-refractivity contribution is 5.90. The molecule has 3 heterocycles. The quantitative estimate of drug-likeness (QED) is 0.394. The lowest BCUT2D eigenvalue weighted by molar-refractivity contribution is -0.276. The Morgan fingerprint density at radius 3 is 2.25 bits per heavy atom. The van der Waals surface area contributed by atoms with Gasteiger partial charge in [0.25, 0.3) is 0 Å². The van der Waals surface area contributed by atoms with Gasteiger partial charge in [0.15, 0.2) is 6.29 Å². The maximum atomic E-state index is 12.9. The maximum absolute atomic E-state index is 12.9. The second kappa shape index (κ2) is 13.9. The van der Waals surface area contributed by atoms with E-state index < -0.39 is 30.3 Å². The van der Waals surface area contributed by atoms with E-state index in [-0.39, 0.29) is 56.9 Å². The van der Waals surface area contributed by atoms with Crippen LogP contribution in [0.1, 0.15) is 67.3 Å². The first kappa shape index (κ1) is 32.4. The maximum Gasteiger partial charge on any atom is 0.471 e. The molecule has 9 nitrogen and oxygen atoms in total. The number of carbonyl (C=O) groups excluding carboxylic acids is 2. The average Bonchev–Trinajstić information content (AvgIpc) is 3.70. The number of nitrogens with one attached hydrogen (secondary N) is 1. The van der Waals surface area contributed by atoms with Crippen LogP contribution in [-0.4, -0.2) is 82.4 Å². The van der Waals surface area contributed by atoms with Gasteiger partial charge in [-0.3, -0.25) is 14.5 Å². The van der Waals surface area contributed by atoms with E-state index in [1.54, 1.807) is 12.1 Å². The minimum atomic E-state index is -5.02. The zero-order valence-electron chi connectivity index (χ0n) is 24.7. The number of likely N-dealkylation sites (tertiary alicyclic amines) is 2. The predicted octanol–water partition coefficient (Wildman–Crippen LogP) is 3.60. The molecule has 0 spiro atoms. The molecule has 6 atom stereocenters. The largest absolute Gasteiger partial charge is 0.471 e. The minimum Gasteiger partial charge on any atom is -0.395 e. The van der Waals surface area contributed by atoms with Gasteiger partial charge in [0.1, 0.15) is 6.04 Å². The van der Waals surface area contributed by atoms with Gasteiger partial charge in [-0.25, -0.2) is 0 Å². The Balaban J connectivity index is 1.27. The van der Waals surface area contributed by atoms with Crippen molar-refractivity contribution in [2.24, 2.45) is 5.92 Å². The van der Waals surface area contributed by atoms with E-state index in [1.807, 2.05) is 36.4 Å². The fraction of sp³-hybridized carbons (Fsp3) is 0.562. The normalized spacial score (nSPS) is 27.9. The highest BCUT2D eigenvalue weighted by atomic mass is 19.4. The van der Waals surface area contributed by atoms with Crippen LogP contribution in [0.3, 0.4) is 0 Å². The molecule has 0 aliphatic carbocycles. The molecule has 3 N–H and O–H groups in total. The minimum absolute atomic E-state index is 0.0000327. The molecule has 5 rings (SSSR count). The van der Waals surface area contributed by atoms with Crippen molar-refractivity contribution in [3.05, 3.63) is 70.8 Å². The van der Waals surface area contributed by atoms with Crippen molar-refractivity contribution < 1.29 is 42.4 Å². The fourth-order valence-corrected chi connectivity index (χ4v) is 6.45. The Hall–Kier alpha value is -3.03. The predicted molar refractivity (Wildman–Crippen MR) is 154 cm³/mol. The van der Waals surface area contributed by atoms with Crippen LogP contribution in [0.5, 0.6) is 0 Å². The summed E-state index contributed by atoms with van der Waals surface area (Å²) in [6, 6.07) is 13.9. The second-order valence-electron chi connectivity index (χ2n) is 11.9. The number of aliphatic hydroxyl groups is 2. The van der Waals surface area contributed by atoms with Crippen LogP contribution in [0, 0.1) is 5.92 Å². The van der Waals surface area contributed by atoms with Crippen molar-refractivity contribution in [2.75, 3.05) is 26.2 Å². The van der Waals surface area contributed by atoms with Crippen LogP contribution in [0.25, 0.3) is 0 Å². The smallest absolute Gasteiger partial charge is 0.395 e. The van der Waals surface area contributed by atoms with Crippen LogP contribution in [0.2, 0.25) is 0 Å². The zero-order valence-corrected chi connectivity index (χ0v) is 24.7. The van der Waals surface area contributed by atoms with Gasteiger partial charge in [-0.2, -0.15) is 13.2 Å². The third-order valence-electron chi connectivity index (χ3n) is 9.03. The summed E-state index contributed by atoms with van der Waals surface area (Å²) in [4.78, 5) is 27.3. The number of amides is 2. The lowest BCUT2D eigenvalue weighted by Crippen LogP contribution is -2.50. The Morgan fingerprint density at radius 2 is 1.59 bits per heavy atom. The number of halogens is 3. The summed E-state index contributed by atoms with van der Waals surface area (Å²) in [5.74, 6) is -2.60. The summed E-state index contributed by atoms with van der Waals surface area (Å²) in [7, 11) is 0. The topological polar surface area (TPSA) is 112 Å². The molecule has 6 unspecified atom stereocenters. The van der Waals surface area contributed by atoms with E-state index in [0.717, 1.165) is 41.6 Å². The number of hydrogen-bond donors (Lipinski definition) is 3. The molecule has 3 saturated heterocycles. The zero-order chi connectivity index (χ0) is 31.4. The van der Waals surface area contributed by atoms with E-state index in [2.05, 4.69) is 17.1 Å². The summed E-state index contributed by atoms with van der Waals surface area (Å²) >= 11 is 0. The number of benzene rings is 2. The number of hydrogen-bond acceptors (Lipinski definition) is 7. The molecule has 0 radical (unpaired) electrons. The Bertz CT molecular complexity index is 1280.